The molecule has 9 heteroatoms. The minimum Gasteiger partial charge on any atom is -0.496 e. The first kappa shape index (κ1) is 24.8. The molecule has 1 saturated heterocycles. The van der Waals surface area contributed by atoms with Gasteiger partial charge < -0.3 is 24.8 Å². The number of fused-ring (bicyclic) bond motifs is 1. The molecular formula is C26H29ClN4O4. The number of carbonyl (C=O) groups is 1. The summed E-state index contributed by atoms with van der Waals surface area (Å²) in [6.45, 7) is 8.57. The second-order valence-corrected chi connectivity index (χ2v) is 9.01. The third-order valence-electron chi connectivity index (χ3n) is 6.04. The van der Waals surface area contributed by atoms with Gasteiger partial charge in [-0.05, 0) is 24.1 Å². The van der Waals surface area contributed by atoms with Gasteiger partial charge in [-0.3, -0.25) is 9.78 Å². The fraction of sp³-hybridized carbons (Fsp3) is 0.346. The summed E-state index contributed by atoms with van der Waals surface area (Å²) in [6.07, 6.45) is 4.84. The second-order valence-electron chi connectivity index (χ2n) is 8.63. The Labute approximate surface area is 209 Å². The Morgan fingerprint density at radius 3 is 2.49 bits per heavy atom. The molecule has 0 radical (unpaired) electrons. The van der Waals surface area contributed by atoms with E-state index in [1.807, 2.05) is 12.1 Å². The fourth-order valence-corrected chi connectivity index (χ4v) is 4.62. The largest absolute Gasteiger partial charge is 0.496 e. The van der Waals surface area contributed by atoms with Gasteiger partial charge in [0.05, 0.1) is 50.2 Å². The summed E-state index contributed by atoms with van der Waals surface area (Å²) in [5, 5.41) is 8.55. The summed E-state index contributed by atoms with van der Waals surface area (Å²) in [7, 11) is 3.21. The number of anilines is 1. The Morgan fingerprint density at radius 2 is 1.80 bits per heavy atom. The molecule has 0 unspecified atom stereocenters. The highest BCUT2D eigenvalue weighted by Crippen LogP contribution is 2.46. The number of rotatable bonds is 8. The molecule has 3 heterocycles. The van der Waals surface area contributed by atoms with Gasteiger partial charge in [0.2, 0.25) is 5.91 Å². The summed E-state index contributed by atoms with van der Waals surface area (Å²) < 4.78 is 16.7. The summed E-state index contributed by atoms with van der Waals surface area (Å²) in [4.78, 5) is 21.0. The quantitative estimate of drug-likeness (QED) is 0.441. The van der Waals surface area contributed by atoms with E-state index in [4.69, 9.17) is 30.8 Å². The fourth-order valence-electron chi connectivity index (χ4n) is 4.29. The van der Waals surface area contributed by atoms with Crippen molar-refractivity contribution < 1.29 is 19.0 Å². The van der Waals surface area contributed by atoms with Gasteiger partial charge >= 0.3 is 0 Å². The maximum absolute atomic E-state index is 11.7. The van der Waals surface area contributed by atoms with Gasteiger partial charge in [-0.1, -0.05) is 32.0 Å². The monoisotopic (exact) mass is 496 g/mol. The average molecular weight is 497 g/mol. The molecule has 1 aromatic carbocycles. The van der Waals surface area contributed by atoms with Gasteiger partial charge in [0.25, 0.3) is 0 Å². The van der Waals surface area contributed by atoms with Gasteiger partial charge in [-0.15, -0.1) is 0 Å². The number of methoxy groups -OCH3 is 2. The molecule has 1 aliphatic rings. The lowest BCUT2D eigenvalue weighted by molar-refractivity contribution is -0.117. The second kappa shape index (κ2) is 10.5. The Bertz CT molecular complexity index is 1260. The van der Waals surface area contributed by atoms with E-state index in [-0.39, 0.29) is 23.9 Å². The number of nitrogens with one attached hydrogen (secondary N) is 2. The summed E-state index contributed by atoms with van der Waals surface area (Å²) >= 11 is 6.76. The lowest BCUT2D eigenvalue weighted by Crippen LogP contribution is -2.45. The van der Waals surface area contributed by atoms with Crippen LogP contribution in [0.25, 0.3) is 22.0 Å². The molecule has 35 heavy (non-hydrogen) atoms. The Hall–Kier alpha value is -3.36. The predicted octanol–water partition coefficient (Wildman–Crippen LogP) is 4.57. The zero-order chi connectivity index (χ0) is 25.1. The van der Waals surface area contributed by atoms with Gasteiger partial charge in [-0.2, -0.15) is 0 Å². The van der Waals surface area contributed by atoms with Crippen LogP contribution in [-0.2, 0) is 9.53 Å². The van der Waals surface area contributed by atoms with Gasteiger partial charge in [0.15, 0.2) is 0 Å². The van der Waals surface area contributed by atoms with E-state index >= 15 is 0 Å². The zero-order valence-corrected chi connectivity index (χ0v) is 21.0. The van der Waals surface area contributed by atoms with Gasteiger partial charge in [0, 0.05) is 40.4 Å². The number of benzene rings is 1. The van der Waals surface area contributed by atoms with Crippen molar-refractivity contribution in [2.24, 2.45) is 0 Å². The van der Waals surface area contributed by atoms with Crippen LogP contribution < -0.4 is 20.1 Å². The molecule has 1 amide bonds. The first-order valence-electron chi connectivity index (χ1n) is 11.3. The van der Waals surface area contributed by atoms with Crippen LogP contribution in [0.2, 0.25) is 5.02 Å². The van der Waals surface area contributed by atoms with Crippen molar-refractivity contribution in [3.8, 4) is 22.8 Å². The number of hydrogen-bond acceptors (Lipinski definition) is 7. The lowest BCUT2D eigenvalue weighted by atomic mass is 9.93. The SMILES string of the molecule is C=CC(=O)N[C@H]1COC[C@H]1Nc1cc2cnc(-c3c(Cl)c(OC)cc(OC)c3C(C)C)cc2cn1. The maximum atomic E-state index is 11.7. The van der Waals surface area contributed by atoms with E-state index < -0.39 is 0 Å². The van der Waals surface area contributed by atoms with Gasteiger partial charge in [-0.25, -0.2) is 4.98 Å². The molecule has 184 valence electrons. The maximum Gasteiger partial charge on any atom is 0.243 e. The van der Waals surface area contributed by atoms with E-state index in [0.29, 0.717) is 41.2 Å². The van der Waals surface area contributed by atoms with Crippen LogP contribution in [0.1, 0.15) is 25.3 Å². The topological polar surface area (TPSA) is 94.6 Å². The van der Waals surface area contributed by atoms with E-state index in [9.17, 15) is 4.79 Å². The van der Waals surface area contributed by atoms with Crippen LogP contribution in [0.4, 0.5) is 5.82 Å². The molecule has 1 fully saturated rings. The molecule has 3 aromatic rings. The summed E-state index contributed by atoms with van der Waals surface area (Å²) in [6, 6.07) is 5.42. The number of carbonyl (C=O) groups excluding carboxylic acids is 1. The van der Waals surface area contributed by atoms with Crippen molar-refractivity contribution in [3.05, 3.63) is 53.8 Å². The van der Waals surface area contributed by atoms with Crippen LogP contribution in [0.3, 0.4) is 0 Å². The third-order valence-corrected chi connectivity index (χ3v) is 6.41. The third kappa shape index (κ3) is 5.04. The lowest BCUT2D eigenvalue weighted by Gasteiger charge is -2.21. The number of nitrogens with zero attached hydrogens (tertiary/aromatic N) is 2. The Balaban J connectivity index is 1.68. The number of hydrogen-bond donors (Lipinski definition) is 2. The van der Waals surface area contributed by atoms with Crippen LogP contribution in [0.5, 0.6) is 11.5 Å². The molecule has 4 rings (SSSR count). The van der Waals surface area contributed by atoms with Crippen LogP contribution in [0.15, 0.2) is 43.2 Å². The minimum absolute atomic E-state index is 0.104. The molecule has 8 nitrogen and oxygen atoms in total. The van der Waals surface area contributed by atoms with Crippen molar-refractivity contribution in [2.45, 2.75) is 31.8 Å². The normalized spacial score (nSPS) is 17.4. The highest BCUT2D eigenvalue weighted by Gasteiger charge is 2.29. The summed E-state index contributed by atoms with van der Waals surface area (Å²) in [5.41, 5.74) is 2.46. The number of aromatic nitrogens is 2. The molecule has 0 aliphatic carbocycles. The molecule has 2 atom stereocenters. The van der Waals surface area contributed by atoms with Crippen LogP contribution in [-0.4, -0.2) is 55.4 Å². The average Bonchev–Trinajstić information content (AvgIpc) is 3.29. The van der Waals surface area contributed by atoms with Crippen molar-refractivity contribution in [2.75, 3.05) is 32.8 Å². The number of halogens is 1. The standard InChI is InChI=1S/C26H29ClN4O4/c1-6-23(32)31-19-13-35-12-18(19)30-22-8-16-10-28-17(7-15(16)11-29-22)25-24(14(2)3)20(33-4)9-21(34-5)26(25)27/h6-11,14,18-19H,1,12-13H2,2-5H3,(H,29,30)(H,31,32)/t18-,19+/m1/s1. The predicted molar refractivity (Wildman–Crippen MR) is 138 cm³/mol. The summed E-state index contributed by atoms with van der Waals surface area (Å²) in [5.74, 6) is 1.81. The molecular weight excluding hydrogens is 468 g/mol. The first-order chi connectivity index (χ1) is 16.9. The molecule has 0 saturated carbocycles. The molecule has 0 bridgehead atoms. The molecule has 2 aromatic heterocycles. The Morgan fingerprint density at radius 1 is 1.11 bits per heavy atom. The van der Waals surface area contributed by atoms with E-state index in [0.717, 1.165) is 21.9 Å². The van der Waals surface area contributed by atoms with Crippen molar-refractivity contribution in [3.63, 3.8) is 0 Å². The minimum atomic E-state index is -0.232. The zero-order valence-electron chi connectivity index (χ0n) is 20.2. The van der Waals surface area contributed by atoms with Crippen molar-refractivity contribution in [1.82, 2.24) is 15.3 Å². The molecule has 2 N–H and O–H groups in total. The smallest absolute Gasteiger partial charge is 0.243 e. The molecule has 1 aliphatic heterocycles. The van der Waals surface area contributed by atoms with Crippen LogP contribution in [0, 0.1) is 0 Å². The Kier molecular flexibility index (Phi) is 7.42. The van der Waals surface area contributed by atoms with E-state index in [1.165, 1.54) is 6.08 Å². The first-order valence-corrected chi connectivity index (χ1v) is 11.7. The van der Waals surface area contributed by atoms with E-state index in [1.54, 1.807) is 32.7 Å². The highest BCUT2D eigenvalue weighted by atomic mass is 35.5. The van der Waals surface area contributed by atoms with E-state index in [2.05, 4.69) is 36.0 Å². The van der Waals surface area contributed by atoms with Crippen LogP contribution >= 0.6 is 11.6 Å². The number of amides is 1. The highest BCUT2D eigenvalue weighted by molar-refractivity contribution is 6.35. The number of ether oxygens (including phenoxy) is 3. The molecule has 0 spiro atoms. The van der Waals surface area contributed by atoms with Crippen molar-refractivity contribution in [1.29, 1.82) is 0 Å². The van der Waals surface area contributed by atoms with Crippen molar-refractivity contribution >= 4 is 34.1 Å². The number of pyridine rings is 2. The van der Waals surface area contributed by atoms with Gasteiger partial charge in [0.1, 0.15) is 17.3 Å².